The predicted octanol–water partition coefficient (Wildman–Crippen LogP) is 2.11. The molecular formula is C20H19N2O6S3-. The molecule has 1 amide bonds. The predicted molar refractivity (Wildman–Crippen MR) is 119 cm³/mol. The summed E-state index contributed by atoms with van der Waals surface area (Å²) in [6.07, 6.45) is 3.42. The Morgan fingerprint density at radius 2 is 1.87 bits per heavy atom. The van der Waals surface area contributed by atoms with Gasteiger partial charge in [0, 0.05) is 24.2 Å². The lowest BCUT2D eigenvalue weighted by Gasteiger charge is -2.14. The summed E-state index contributed by atoms with van der Waals surface area (Å²) >= 11 is 6.47. The highest BCUT2D eigenvalue weighted by molar-refractivity contribution is 8.26. The molecule has 2 N–H and O–H groups in total. The molecule has 1 aromatic heterocycles. The summed E-state index contributed by atoms with van der Waals surface area (Å²) in [4.78, 5) is 25.0. The van der Waals surface area contributed by atoms with Crippen molar-refractivity contribution in [2.24, 2.45) is 5.14 Å². The molecule has 0 aliphatic carbocycles. The summed E-state index contributed by atoms with van der Waals surface area (Å²) in [6.45, 7) is 0.425. The van der Waals surface area contributed by atoms with E-state index < -0.39 is 16.0 Å². The molecule has 0 atom stereocenters. The standard InChI is InChI=1S/C20H20N2O6S3/c21-31(26,27)15-8-5-13(6-9-15)16-10-7-14(28-16)12-17-19(25)22(20(29)30-17)11-3-1-2-4-18(23)24/h5-10,12H,1-4,11H2,(H,23,24)(H2,21,26,27)/p-1/b17-12+. The normalized spacial score (nSPS) is 15.8. The first kappa shape index (κ1) is 23.2. The highest BCUT2D eigenvalue weighted by Gasteiger charge is 2.31. The third kappa shape index (κ3) is 6.03. The van der Waals surface area contributed by atoms with Crippen LogP contribution >= 0.6 is 24.0 Å². The van der Waals surface area contributed by atoms with Crippen LogP contribution in [0, 0.1) is 0 Å². The number of carboxylic acid groups (broad SMARTS) is 1. The molecule has 1 saturated heterocycles. The number of benzene rings is 1. The number of nitrogens with two attached hydrogens (primary N) is 1. The molecule has 3 rings (SSSR count). The van der Waals surface area contributed by atoms with Gasteiger partial charge in [0.15, 0.2) is 0 Å². The number of carbonyl (C=O) groups is 2. The Hall–Kier alpha value is -2.47. The number of rotatable bonds is 9. The second-order valence-electron chi connectivity index (χ2n) is 6.79. The Morgan fingerprint density at radius 1 is 1.16 bits per heavy atom. The lowest BCUT2D eigenvalue weighted by Crippen LogP contribution is -2.29. The maximum absolute atomic E-state index is 12.6. The molecule has 0 spiro atoms. The van der Waals surface area contributed by atoms with Crippen LogP contribution in [0.4, 0.5) is 0 Å². The number of primary sulfonamides is 1. The number of hydrogen-bond acceptors (Lipinski definition) is 8. The molecule has 1 aliphatic rings. The van der Waals surface area contributed by atoms with Gasteiger partial charge in [-0.1, -0.05) is 30.4 Å². The Morgan fingerprint density at radius 3 is 2.52 bits per heavy atom. The molecule has 0 unspecified atom stereocenters. The minimum atomic E-state index is -3.77. The van der Waals surface area contributed by atoms with Crippen molar-refractivity contribution in [3.8, 4) is 11.3 Å². The van der Waals surface area contributed by atoms with Crippen LogP contribution in [0.3, 0.4) is 0 Å². The highest BCUT2D eigenvalue weighted by atomic mass is 32.2. The smallest absolute Gasteiger partial charge is 0.266 e. The van der Waals surface area contributed by atoms with Gasteiger partial charge in [0.05, 0.1) is 9.80 Å². The zero-order chi connectivity index (χ0) is 22.6. The van der Waals surface area contributed by atoms with E-state index in [4.69, 9.17) is 21.8 Å². The summed E-state index contributed by atoms with van der Waals surface area (Å²) in [5, 5.41) is 15.5. The third-order valence-electron chi connectivity index (χ3n) is 4.50. The summed E-state index contributed by atoms with van der Waals surface area (Å²) in [6, 6.07) is 9.38. The fourth-order valence-electron chi connectivity index (χ4n) is 2.93. The zero-order valence-electron chi connectivity index (χ0n) is 16.3. The molecular weight excluding hydrogens is 460 g/mol. The number of aliphatic carboxylic acids is 1. The van der Waals surface area contributed by atoms with Gasteiger partial charge in [0.1, 0.15) is 15.8 Å². The Balaban J connectivity index is 1.65. The largest absolute Gasteiger partial charge is 0.550 e. The van der Waals surface area contributed by atoms with Crippen molar-refractivity contribution in [1.29, 1.82) is 0 Å². The van der Waals surface area contributed by atoms with E-state index in [2.05, 4.69) is 0 Å². The average Bonchev–Trinajstić information content (AvgIpc) is 3.27. The second-order valence-corrected chi connectivity index (χ2v) is 10.0. The van der Waals surface area contributed by atoms with Gasteiger partial charge in [-0.2, -0.15) is 0 Å². The van der Waals surface area contributed by atoms with Crippen LogP contribution in [-0.4, -0.2) is 36.1 Å². The first-order chi connectivity index (χ1) is 14.6. The minimum Gasteiger partial charge on any atom is -0.550 e. The number of unbranched alkanes of at least 4 members (excludes halogenated alkanes) is 2. The number of sulfonamides is 1. The van der Waals surface area contributed by atoms with Crippen LogP contribution in [0.25, 0.3) is 17.4 Å². The van der Waals surface area contributed by atoms with Gasteiger partial charge in [-0.05, 0) is 55.7 Å². The van der Waals surface area contributed by atoms with Gasteiger partial charge in [-0.15, -0.1) is 0 Å². The SMILES string of the molecule is NS(=O)(=O)c1ccc(-c2ccc(/C=C3/SC(=S)N(CCCCCC(=O)[O-])C3=O)o2)cc1. The van der Waals surface area contributed by atoms with Crippen molar-refractivity contribution in [1.82, 2.24) is 4.90 Å². The third-order valence-corrected chi connectivity index (χ3v) is 6.81. The van der Waals surface area contributed by atoms with Gasteiger partial charge in [-0.25, -0.2) is 13.6 Å². The maximum Gasteiger partial charge on any atom is 0.266 e. The van der Waals surface area contributed by atoms with E-state index in [0.29, 0.717) is 52.1 Å². The number of nitrogens with zero attached hydrogens (tertiary/aromatic N) is 1. The number of thiocarbonyl (C=S) groups is 1. The van der Waals surface area contributed by atoms with Crippen LogP contribution in [0.5, 0.6) is 0 Å². The fourth-order valence-corrected chi connectivity index (χ4v) is 4.74. The van der Waals surface area contributed by atoms with Gasteiger partial charge in [0.2, 0.25) is 10.0 Å². The first-order valence-electron chi connectivity index (χ1n) is 9.33. The first-order valence-corrected chi connectivity index (χ1v) is 12.1. The van der Waals surface area contributed by atoms with Crippen molar-refractivity contribution in [2.75, 3.05) is 6.54 Å². The molecule has 8 nitrogen and oxygen atoms in total. The quantitative estimate of drug-likeness (QED) is 0.328. The molecule has 2 aromatic rings. The van der Waals surface area contributed by atoms with Crippen LogP contribution in [-0.2, 0) is 19.6 Å². The zero-order valence-corrected chi connectivity index (χ0v) is 18.7. The molecule has 2 heterocycles. The summed E-state index contributed by atoms with van der Waals surface area (Å²) in [7, 11) is -3.77. The van der Waals surface area contributed by atoms with Crippen molar-refractivity contribution >= 4 is 56.3 Å². The van der Waals surface area contributed by atoms with Crippen molar-refractivity contribution in [3.05, 3.63) is 47.1 Å². The van der Waals surface area contributed by atoms with Crippen LogP contribution in [0.1, 0.15) is 31.4 Å². The Labute approximate surface area is 189 Å². The number of carboxylic acids is 1. The number of furan rings is 1. The monoisotopic (exact) mass is 479 g/mol. The maximum atomic E-state index is 12.6. The summed E-state index contributed by atoms with van der Waals surface area (Å²) < 4.78 is 28.9. The summed E-state index contributed by atoms with van der Waals surface area (Å²) in [5.74, 6) is -0.326. The molecule has 11 heteroatoms. The second kappa shape index (κ2) is 9.77. The van der Waals surface area contributed by atoms with Crippen LogP contribution in [0.15, 0.2) is 50.6 Å². The van der Waals surface area contributed by atoms with Crippen LogP contribution in [0.2, 0.25) is 0 Å². The minimum absolute atomic E-state index is 0.00385. The lowest BCUT2D eigenvalue weighted by atomic mass is 10.2. The molecule has 0 bridgehead atoms. The fraction of sp³-hybridized carbons (Fsp3) is 0.250. The van der Waals surface area contributed by atoms with E-state index >= 15 is 0 Å². The van der Waals surface area contributed by atoms with Gasteiger partial charge >= 0.3 is 0 Å². The number of thioether (sulfide) groups is 1. The molecule has 0 radical (unpaired) electrons. The van der Waals surface area contributed by atoms with E-state index in [1.807, 2.05) is 0 Å². The number of hydrogen-bond donors (Lipinski definition) is 1. The molecule has 0 saturated carbocycles. The van der Waals surface area contributed by atoms with E-state index in [1.165, 1.54) is 28.8 Å². The Kier molecular flexibility index (Phi) is 7.31. The Bertz CT molecular complexity index is 1140. The summed E-state index contributed by atoms with van der Waals surface area (Å²) in [5.41, 5.74) is 0.663. The van der Waals surface area contributed by atoms with Gasteiger partial charge < -0.3 is 14.3 Å². The molecule has 1 aliphatic heterocycles. The number of amides is 1. The molecule has 1 fully saturated rings. The van der Waals surface area contributed by atoms with E-state index in [0.717, 1.165) is 0 Å². The molecule has 1 aromatic carbocycles. The average molecular weight is 480 g/mol. The van der Waals surface area contributed by atoms with Crippen molar-refractivity contribution in [3.63, 3.8) is 0 Å². The topological polar surface area (TPSA) is 134 Å². The highest BCUT2D eigenvalue weighted by Crippen LogP contribution is 2.34. The number of carbonyl (C=O) groups excluding carboxylic acids is 2. The molecule has 164 valence electrons. The molecule has 31 heavy (non-hydrogen) atoms. The van der Waals surface area contributed by atoms with Gasteiger partial charge in [-0.3, -0.25) is 9.69 Å². The van der Waals surface area contributed by atoms with E-state index in [1.54, 1.807) is 30.3 Å². The van der Waals surface area contributed by atoms with Gasteiger partial charge in [0.25, 0.3) is 5.91 Å². The van der Waals surface area contributed by atoms with E-state index in [9.17, 15) is 23.1 Å². The van der Waals surface area contributed by atoms with Crippen molar-refractivity contribution in [2.45, 2.75) is 30.6 Å². The van der Waals surface area contributed by atoms with Crippen molar-refractivity contribution < 1.29 is 27.5 Å². The van der Waals surface area contributed by atoms with E-state index in [-0.39, 0.29) is 17.2 Å². The lowest BCUT2D eigenvalue weighted by molar-refractivity contribution is -0.305. The van der Waals surface area contributed by atoms with Crippen LogP contribution < -0.4 is 10.2 Å².